The third kappa shape index (κ3) is 4.35. The topological polar surface area (TPSA) is 73.7 Å². The number of carbonyl (C=O) groups is 1. The molecule has 1 amide bonds. The number of nitrogens with one attached hydrogen (secondary N) is 2. The van der Waals surface area contributed by atoms with Crippen molar-refractivity contribution < 1.29 is 9.90 Å². The second-order valence-corrected chi connectivity index (χ2v) is 4.47. The molecule has 5 heteroatoms. The molecule has 3 N–H and O–H groups in total. The first-order chi connectivity index (χ1) is 10.2. The van der Waals surface area contributed by atoms with Gasteiger partial charge in [-0.05, 0) is 31.2 Å². The van der Waals surface area contributed by atoms with Crippen LogP contribution in [0.25, 0.3) is 0 Å². The molecule has 0 atom stereocenters. The number of para-hydroxylation sites is 2. The average molecular weight is 283 g/mol. The lowest BCUT2D eigenvalue weighted by Gasteiger charge is -2.06. The van der Waals surface area contributed by atoms with Crippen LogP contribution in [0.4, 0.5) is 5.69 Å². The van der Waals surface area contributed by atoms with Gasteiger partial charge in [-0.3, -0.25) is 4.79 Å². The predicted octanol–water partition coefficient (Wildman–Crippen LogP) is 2.34. The summed E-state index contributed by atoms with van der Waals surface area (Å²) in [5.74, 6) is -0.121. The van der Waals surface area contributed by atoms with E-state index in [2.05, 4.69) is 15.8 Å². The van der Waals surface area contributed by atoms with Crippen LogP contribution in [-0.2, 0) is 4.79 Å². The van der Waals surface area contributed by atoms with E-state index in [1.54, 1.807) is 31.2 Å². The minimum Gasteiger partial charge on any atom is -0.507 e. The van der Waals surface area contributed by atoms with Crippen molar-refractivity contribution in [3.63, 3.8) is 0 Å². The number of hydrogen-bond acceptors (Lipinski definition) is 4. The number of hydrogen-bond donors (Lipinski definition) is 3. The number of benzene rings is 2. The summed E-state index contributed by atoms with van der Waals surface area (Å²) in [6.45, 7) is 1.85. The summed E-state index contributed by atoms with van der Waals surface area (Å²) in [4.78, 5) is 11.7. The van der Waals surface area contributed by atoms with Gasteiger partial charge in [0.15, 0.2) is 0 Å². The fourth-order valence-electron chi connectivity index (χ4n) is 1.76. The fourth-order valence-corrected chi connectivity index (χ4v) is 1.76. The third-order valence-electron chi connectivity index (χ3n) is 2.87. The zero-order chi connectivity index (χ0) is 15.1. The molecule has 0 spiro atoms. The van der Waals surface area contributed by atoms with Crippen molar-refractivity contribution in [3.05, 3.63) is 60.2 Å². The molecule has 0 heterocycles. The van der Waals surface area contributed by atoms with Gasteiger partial charge in [-0.25, -0.2) is 5.43 Å². The zero-order valence-corrected chi connectivity index (χ0v) is 11.7. The molecule has 0 fully saturated rings. The molecule has 0 aliphatic heterocycles. The Hall–Kier alpha value is -2.82. The standard InChI is InChI=1S/C16H17N3O2/c1-12(14-9-5-6-10-15(14)20)18-19-16(21)11-17-13-7-3-2-4-8-13/h2-10,17,20H,11H2,1H3,(H,19,21)/b18-12+. The number of phenolic OH excluding ortho intramolecular Hbond substituents is 1. The number of rotatable bonds is 5. The van der Waals surface area contributed by atoms with Gasteiger partial charge in [0.05, 0.1) is 12.3 Å². The van der Waals surface area contributed by atoms with E-state index in [1.165, 1.54) is 0 Å². The Labute approximate surface area is 123 Å². The number of nitrogens with zero attached hydrogens (tertiary/aromatic N) is 1. The van der Waals surface area contributed by atoms with Gasteiger partial charge in [0.2, 0.25) is 0 Å². The molecule has 0 aliphatic rings. The number of aromatic hydroxyl groups is 1. The van der Waals surface area contributed by atoms with Gasteiger partial charge < -0.3 is 10.4 Å². The molecule has 0 bridgehead atoms. The van der Waals surface area contributed by atoms with Crippen LogP contribution in [0.2, 0.25) is 0 Å². The summed E-state index contributed by atoms with van der Waals surface area (Å²) in [5, 5.41) is 16.7. The van der Waals surface area contributed by atoms with E-state index in [1.807, 2.05) is 30.3 Å². The van der Waals surface area contributed by atoms with Crippen molar-refractivity contribution in [3.8, 4) is 5.75 Å². The third-order valence-corrected chi connectivity index (χ3v) is 2.87. The highest BCUT2D eigenvalue weighted by molar-refractivity contribution is 6.01. The summed E-state index contributed by atoms with van der Waals surface area (Å²) in [7, 11) is 0. The van der Waals surface area contributed by atoms with Gasteiger partial charge in [-0.2, -0.15) is 5.10 Å². The molecule has 0 aromatic heterocycles. The van der Waals surface area contributed by atoms with Gasteiger partial charge in [-0.15, -0.1) is 0 Å². The second-order valence-electron chi connectivity index (χ2n) is 4.47. The summed E-state index contributed by atoms with van der Waals surface area (Å²) in [6.07, 6.45) is 0. The van der Waals surface area contributed by atoms with Crippen molar-refractivity contribution in [1.82, 2.24) is 5.43 Å². The van der Waals surface area contributed by atoms with Crippen LogP contribution in [0.15, 0.2) is 59.7 Å². The molecule has 0 radical (unpaired) electrons. The monoisotopic (exact) mass is 283 g/mol. The summed E-state index contributed by atoms with van der Waals surface area (Å²) in [5.41, 5.74) is 4.46. The fraction of sp³-hybridized carbons (Fsp3) is 0.125. The first-order valence-corrected chi connectivity index (χ1v) is 6.57. The number of hydrazone groups is 1. The van der Waals surface area contributed by atoms with Gasteiger partial charge in [0.1, 0.15) is 5.75 Å². The Kier molecular flexibility index (Phi) is 4.93. The van der Waals surface area contributed by atoms with E-state index < -0.39 is 0 Å². The van der Waals surface area contributed by atoms with Crippen LogP contribution in [-0.4, -0.2) is 23.3 Å². The smallest absolute Gasteiger partial charge is 0.259 e. The number of amides is 1. The molecular formula is C16H17N3O2. The Bertz CT molecular complexity index is 639. The maximum Gasteiger partial charge on any atom is 0.259 e. The summed E-state index contributed by atoms with van der Waals surface area (Å²) in [6, 6.07) is 16.3. The molecule has 2 aromatic rings. The maximum absolute atomic E-state index is 11.7. The molecule has 0 aliphatic carbocycles. The van der Waals surface area contributed by atoms with Crippen molar-refractivity contribution in [2.75, 3.05) is 11.9 Å². The van der Waals surface area contributed by atoms with Gasteiger partial charge in [0.25, 0.3) is 5.91 Å². The molecule has 0 saturated carbocycles. The molecule has 21 heavy (non-hydrogen) atoms. The first-order valence-electron chi connectivity index (χ1n) is 6.57. The Balaban J connectivity index is 1.88. The molecule has 5 nitrogen and oxygen atoms in total. The highest BCUT2D eigenvalue weighted by Crippen LogP contribution is 2.16. The SMILES string of the molecule is C/C(=N\NC(=O)CNc1ccccc1)c1ccccc1O. The number of carbonyl (C=O) groups excluding carboxylic acids is 1. The van der Waals surface area contributed by atoms with E-state index in [4.69, 9.17) is 0 Å². The number of anilines is 1. The average Bonchev–Trinajstić information content (AvgIpc) is 2.52. The normalized spacial score (nSPS) is 11.0. The van der Waals surface area contributed by atoms with Crippen LogP contribution in [0, 0.1) is 0 Å². The van der Waals surface area contributed by atoms with Gasteiger partial charge in [0, 0.05) is 11.3 Å². The Morgan fingerprint density at radius 3 is 2.48 bits per heavy atom. The van der Waals surface area contributed by atoms with Crippen LogP contribution >= 0.6 is 0 Å². The van der Waals surface area contributed by atoms with Crippen molar-refractivity contribution >= 4 is 17.3 Å². The molecule has 0 unspecified atom stereocenters. The zero-order valence-electron chi connectivity index (χ0n) is 11.7. The van der Waals surface area contributed by atoms with Crippen molar-refractivity contribution in [2.24, 2.45) is 5.10 Å². The maximum atomic E-state index is 11.7. The predicted molar refractivity (Wildman–Crippen MR) is 83.4 cm³/mol. The van der Waals surface area contributed by atoms with E-state index in [-0.39, 0.29) is 18.2 Å². The second kappa shape index (κ2) is 7.09. The van der Waals surface area contributed by atoms with E-state index in [9.17, 15) is 9.90 Å². The quantitative estimate of drug-likeness (QED) is 0.582. The molecule has 108 valence electrons. The molecule has 2 aromatic carbocycles. The van der Waals surface area contributed by atoms with Crippen LogP contribution in [0.3, 0.4) is 0 Å². The van der Waals surface area contributed by atoms with Crippen LogP contribution < -0.4 is 10.7 Å². The summed E-state index contributed by atoms with van der Waals surface area (Å²) < 4.78 is 0. The van der Waals surface area contributed by atoms with E-state index in [0.29, 0.717) is 11.3 Å². The van der Waals surface area contributed by atoms with Crippen molar-refractivity contribution in [1.29, 1.82) is 0 Å². The van der Waals surface area contributed by atoms with Gasteiger partial charge in [-0.1, -0.05) is 30.3 Å². The lowest BCUT2D eigenvalue weighted by Crippen LogP contribution is -2.26. The summed E-state index contributed by atoms with van der Waals surface area (Å²) >= 11 is 0. The largest absolute Gasteiger partial charge is 0.507 e. The minimum atomic E-state index is -0.256. The lowest BCUT2D eigenvalue weighted by molar-refractivity contribution is -0.119. The van der Waals surface area contributed by atoms with E-state index in [0.717, 1.165) is 5.69 Å². The molecular weight excluding hydrogens is 266 g/mol. The van der Waals surface area contributed by atoms with Crippen LogP contribution in [0.1, 0.15) is 12.5 Å². The Morgan fingerprint density at radius 1 is 1.10 bits per heavy atom. The molecule has 2 rings (SSSR count). The first kappa shape index (κ1) is 14.6. The highest BCUT2D eigenvalue weighted by Gasteiger charge is 2.04. The molecule has 0 saturated heterocycles. The van der Waals surface area contributed by atoms with Gasteiger partial charge >= 0.3 is 0 Å². The van der Waals surface area contributed by atoms with Crippen LogP contribution in [0.5, 0.6) is 5.75 Å². The highest BCUT2D eigenvalue weighted by atomic mass is 16.3. The Morgan fingerprint density at radius 2 is 1.76 bits per heavy atom. The minimum absolute atomic E-state index is 0.127. The number of phenols is 1. The lowest BCUT2D eigenvalue weighted by atomic mass is 10.1. The van der Waals surface area contributed by atoms with Crippen molar-refractivity contribution in [2.45, 2.75) is 6.92 Å². The van der Waals surface area contributed by atoms with E-state index >= 15 is 0 Å².